The van der Waals surface area contributed by atoms with Gasteiger partial charge in [-0.25, -0.2) is 4.68 Å². The van der Waals surface area contributed by atoms with Crippen molar-refractivity contribution in [1.29, 1.82) is 0 Å². The van der Waals surface area contributed by atoms with Gasteiger partial charge in [0, 0.05) is 37.3 Å². The van der Waals surface area contributed by atoms with E-state index < -0.39 is 5.91 Å². The fourth-order valence-electron chi connectivity index (χ4n) is 4.19. The Hall–Kier alpha value is -4.11. The predicted octanol–water partition coefficient (Wildman–Crippen LogP) is 2.74. The Kier molecular flexibility index (Phi) is 6.76. The summed E-state index contributed by atoms with van der Waals surface area (Å²) in [6.45, 7) is 2.73. The van der Waals surface area contributed by atoms with Crippen LogP contribution in [0.2, 0.25) is 0 Å². The number of amides is 1. The number of aromatic nitrogens is 4. The molecule has 9 heteroatoms. The van der Waals surface area contributed by atoms with E-state index in [0.29, 0.717) is 5.69 Å². The molecule has 9 nitrogen and oxygen atoms in total. The zero-order chi connectivity index (χ0) is 24.0. The fourth-order valence-corrected chi connectivity index (χ4v) is 4.19. The molecule has 3 heterocycles. The zero-order valence-electron chi connectivity index (χ0n) is 19.2. The van der Waals surface area contributed by atoms with Gasteiger partial charge in [0.1, 0.15) is 6.54 Å². The number of nitrogens with one attached hydrogen (secondary N) is 1. The lowest BCUT2D eigenvalue weighted by Crippen LogP contribution is -2.44. The van der Waals surface area contributed by atoms with Crippen LogP contribution < -0.4 is 10.9 Å². The van der Waals surface area contributed by atoms with Crippen LogP contribution in [0.3, 0.4) is 0 Å². The summed E-state index contributed by atoms with van der Waals surface area (Å²) >= 11 is 0. The summed E-state index contributed by atoms with van der Waals surface area (Å²) < 4.78 is 6.43. The Morgan fingerprint density at radius 1 is 0.943 bits per heavy atom. The van der Waals surface area contributed by atoms with Gasteiger partial charge in [-0.3, -0.25) is 14.5 Å². The molecule has 5 rings (SSSR count). The topological polar surface area (TPSA) is 106 Å². The predicted molar refractivity (Wildman–Crippen MR) is 130 cm³/mol. The second-order valence-electron chi connectivity index (χ2n) is 8.61. The molecule has 0 saturated carbocycles. The highest BCUT2D eigenvalue weighted by Crippen LogP contribution is 2.15. The highest BCUT2D eigenvalue weighted by atomic mass is 16.5. The van der Waals surface area contributed by atoms with Crippen molar-refractivity contribution < 1.29 is 9.32 Å². The lowest BCUT2D eigenvalue weighted by Gasteiger charge is -2.32. The molecule has 0 spiro atoms. The highest BCUT2D eigenvalue weighted by molar-refractivity contribution is 5.89. The van der Waals surface area contributed by atoms with Crippen LogP contribution in [0, 0.1) is 0 Å². The van der Waals surface area contributed by atoms with Gasteiger partial charge in [0.2, 0.25) is 0 Å². The number of hydrogen-bond donors (Lipinski definition) is 1. The molecule has 4 aromatic rings. The number of carbonyl (C=O) groups excluding carboxylic acids is 1. The van der Waals surface area contributed by atoms with E-state index in [0.717, 1.165) is 38.0 Å². The summed E-state index contributed by atoms with van der Waals surface area (Å²) in [5.74, 6) is -0.296. The summed E-state index contributed by atoms with van der Waals surface area (Å²) in [5, 5.41) is 11.3. The quantitative estimate of drug-likeness (QED) is 0.443. The molecule has 0 bridgehead atoms. The van der Waals surface area contributed by atoms with Crippen molar-refractivity contribution in [3.05, 3.63) is 100 Å². The number of nitrogens with zero attached hydrogens (tertiary/aromatic N) is 5. The average Bonchev–Trinajstić information content (AvgIpc) is 3.36. The van der Waals surface area contributed by atoms with Crippen LogP contribution in [0.1, 0.15) is 34.9 Å². The first kappa shape index (κ1) is 22.7. The molecule has 0 unspecified atom stereocenters. The first-order chi connectivity index (χ1) is 17.1. The maximum atomic E-state index is 12.7. The third-order valence-electron chi connectivity index (χ3n) is 6.06. The molecular formula is C26H26N6O3. The summed E-state index contributed by atoms with van der Waals surface area (Å²) in [7, 11) is 0. The molecule has 2 aromatic heterocycles. The zero-order valence-corrected chi connectivity index (χ0v) is 19.2. The Balaban J connectivity index is 1.17. The van der Waals surface area contributed by atoms with Crippen LogP contribution in [0.25, 0.3) is 11.3 Å². The van der Waals surface area contributed by atoms with Crippen LogP contribution in [0.5, 0.6) is 0 Å². The second kappa shape index (κ2) is 10.4. The van der Waals surface area contributed by atoms with E-state index in [1.165, 1.54) is 16.3 Å². The van der Waals surface area contributed by atoms with Gasteiger partial charge in [0.05, 0.1) is 5.69 Å². The van der Waals surface area contributed by atoms with Crippen molar-refractivity contribution in [2.45, 2.75) is 32.0 Å². The molecule has 1 saturated heterocycles. The SMILES string of the molecule is O=C(NC1CCN(Cc2ccccc2)CC1)c1nc(Cn2nc(-c3ccccc3)ccc2=O)no1. The van der Waals surface area contributed by atoms with Gasteiger partial charge < -0.3 is 9.84 Å². The van der Waals surface area contributed by atoms with E-state index in [9.17, 15) is 9.59 Å². The lowest BCUT2D eigenvalue weighted by atomic mass is 10.0. The monoisotopic (exact) mass is 470 g/mol. The lowest BCUT2D eigenvalue weighted by molar-refractivity contribution is 0.0865. The Morgan fingerprint density at radius 3 is 2.40 bits per heavy atom. The van der Waals surface area contributed by atoms with E-state index in [4.69, 9.17) is 4.52 Å². The van der Waals surface area contributed by atoms with E-state index in [-0.39, 0.29) is 29.9 Å². The van der Waals surface area contributed by atoms with Crippen molar-refractivity contribution in [2.24, 2.45) is 0 Å². The molecule has 1 aliphatic heterocycles. The molecule has 0 radical (unpaired) electrons. The van der Waals surface area contributed by atoms with Crippen molar-refractivity contribution >= 4 is 5.91 Å². The van der Waals surface area contributed by atoms with E-state index >= 15 is 0 Å². The number of piperidine rings is 1. The molecule has 0 atom stereocenters. The largest absolute Gasteiger partial charge is 0.345 e. The van der Waals surface area contributed by atoms with Crippen molar-refractivity contribution in [3.63, 3.8) is 0 Å². The molecule has 1 amide bonds. The van der Waals surface area contributed by atoms with Crippen LogP contribution in [0.15, 0.2) is 82.1 Å². The molecular weight excluding hydrogens is 444 g/mol. The Labute approximate surface area is 202 Å². The minimum atomic E-state index is -0.399. The maximum Gasteiger partial charge on any atom is 0.316 e. The first-order valence-electron chi connectivity index (χ1n) is 11.7. The molecule has 35 heavy (non-hydrogen) atoms. The normalized spacial score (nSPS) is 14.6. The van der Waals surface area contributed by atoms with E-state index in [2.05, 4.69) is 37.6 Å². The number of hydrogen-bond acceptors (Lipinski definition) is 7. The van der Waals surface area contributed by atoms with Gasteiger partial charge in [-0.1, -0.05) is 65.8 Å². The highest BCUT2D eigenvalue weighted by Gasteiger charge is 2.24. The summed E-state index contributed by atoms with van der Waals surface area (Å²) in [6, 6.07) is 23.1. The van der Waals surface area contributed by atoms with Crippen LogP contribution in [-0.4, -0.2) is 49.9 Å². The van der Waals surface area contributed by atoms with Crippen molar-refractivity contribution in [1.82, 2.24) is 30.1 Å². The fraction of sp³-hybridized carbons (Fsp3) is 0.269. The van der Waals surface area contributed by atoms with Crippen molar-refractivity contribution in [2.75, 3.05) is 13.1 Å². The second-order valence-corrected chi connectivity index (χ2v) is 8.61. The summed E-state index contributed by atoms with van der Waals surface area (Å²) in [5.41, 5.74) is 2.55. The number of likely N-dealkylation sites (tertiary alicyclic amines) is 1. The van der Waals surface area contributed by atoms with Crippen LogP contribution in [-0.2, 0) is 13.1 Å². The summed E-state index contributed by atoms with van der Waals surface area (Å²) in [4.78, 5) is 31.5. The molecule has 1 N–H and O–H groups in total. The van der Waals surface area contributed by atoms with Gasteiger partial charge in [-0.15, -0.1) is 0 Å². The minimum Gasteiger partial charge on any atom is -0.345 e. The Bertz CT molecular complexity index is 1330. The Morgan fingerprint density at radius 2 is 1.66 bits per heavy atom. The van der Waals surface area contributed by atoms with Gasteiger partial charge in [0.15, 0.2) is 5.82 Å². The maximum absolute atomic E-state index is 12.7. The smallest absolute Gasteiger partial charge is 0.316 e. The number of rotatable bonds is 7. The van der Waals surface area contributed by atoms with Crippen LogP contribution in [0.4, 0.5) is 0 Å². The molecule has 0 aliphatic carbocycles. The summed E-state index contributed by atoms with van der Waals surface area (Å²) in [6.07, 6.45) is 1.70. The van der Waals surface area contributed by atoms with Crippen LogP contribution >= 0.6 is 0 Å². The molecule has 178 valence electrons. The molecule has 1 aliphatic rings. The average molecular weight is 471 g/mol. The standard InChI is InChI=1S/C26H26N6O3/c33-24-12-11-22(20-9-5-2-6-10-20)29-32(24)18-23-28-26(35-30-23)25(34)27-21-13-15-31(16-14-21)17-19-7-3-1-4-8-19/h1-12,21H,13-18H2,(H,27,34). The number of benzene rings is 2. The van der Waals surface area contributed by atoms with Crippen molar-refractivity contribution in [3.8, 4) is 11.3 Å². The third-order valence-corrected chi connectivity index (χ3v) is 6.06. The van der Waals surface area contributed by atoms with Gasteiger partial charge in [0.25, 0.3) is 5.56 Å². The third kappa shape index (κ3) is 5.70. The van der Waals surface area contributed by atoms with E-state index in [1.54, 1.807) is 6.07 Å². The first-order valence-corrected chi connectivity index (χ1v) is 11.7. The minimum absolute atomic E-state index is 0.00810. The van der Waals surface area contributed by atoms with E-state index in [1.807, 2.05) is 48.5 Å². The molecule has 1 fully saturated rings. The number of carbonyl (C=O) groups is 1. The van der Waals surface area contributed by atoms with Gasteiger partial charge in [-0.05, 0) is 24.5 Å². The van der Waals surface area contributed by atoms with Gasteiger partial charge >= 0.3 is 11.8 Å². The van der Waals surface area contributed by atoms with Gasteiger partial charge in [-0.2, -0.15) is 10.1 Å². The molecule has 2 aromatic carbocycles.